The molecule has 1 unspecified atom stereocenters. The first-order valence-electron chi connectivity index (χ1n) is 7.19. The highest BCUT2D eigenvalue weighted by Gasteiger charge is 2.23. The van der Waals surface area contributed by atoms with Gasteiger partial charge in [0, 0.05) is 16.6 Å². The third-order valence-corrected chi connectivity index (χ3v) is 3.29. The topological polar surface area (TPSA) is 108 Å². The van der Waals surface area contributed by atoms with Crippen molar-refractivity contribution in [2.24, 2.45) is 5.92 Å². The van der Waals surface area contributed by atoms with E-state index in [9.17, 15) is 14.4 Å². The monoisotopic (exact) mass is 374 g/mol. The predicted molar refractivity (Wildman–Crippen MR) is 79.4 cm³/mol. The van der Waals surface area contributed by atoms with E-state index < -0.39 is 22.6 Å². The van der Waals surface area contributed by atoms with Crippen LogP contribution in [0, 0.1) is 5.92 Å². The molecule has 1 atom stereocenters. The van der Waals surface area contributed by atoms with E-state index in [1.54, 1.807) is 0 Å². The van der Waals surface area contributed by atoms with Crippen LogP contribution >= 0.6 is 23.2 Å². The van der Waals surface area contributed by atoms with E-state index >= 15 is 0 Å². The summed E-state index contributed by atoms with van der Waals surface area (Å²) in [6, 6.07) is 0. The Balaban J connectivity index is 3.29. The second-order valence-electron chi connectivity index (χ2n) is 4.74. The lowest BCUT2D eigenvalue weighted by molar-refractivity contribution is -0.614. The summed E-state index contributed by atoms with van der Waals surface area (Å²) in [4.78, 5) is 40.0. The molecule has 1 N–H and O–H groups in total. The Labute approximate surface area is 143 Å². The number of halogens is 2. The summed E-state index contributed by atoms with van der Waals surface area (Å²) in [5.74, 6) is -2.27. The Bertz CT molecular complexity index is 350. The average Bonchev–Trinajstić information content (AvgIpc) is 2.46. The van der Waals surface area contributed by atoms with E-state index in [1.165, 1.54) is 0 Å². The molecule has 0 saturated carbocycles. The first kappa shape index (κ1) is 22.1. The van der Waals surface area contributed by atoms with Gasteiger partial charge in [-0.25, -0.2) is 14.6 Å². The van der Waals surface area contributed by atoms with Gasteiger partial charge in [0.25, 0.3) is 0 Å². The van der Waals surface area contributed by atoms with Crippen LogP contribution in [0.3, 0.4) is 0 Å². The van der Waals surface area contributed by atoms with Crippen LogP contribution in [0.4, 0.5) is 4.79 Å². The van der Waals surface area contributed by atoms with E-state index in [0.717, 1.165) is 38.5 Å². The number of rotatable bonds is 15. The highest BCUT2D eigenvalue weighted by Crippen LogP contribution is 2.15. The SMILES string of the molecule is O=C(Cl)OOOOCCCCCCCCCC(C(=O)O)C(=O)Cl. The van der Waals surface area contributed by atoms with Crippen molar-refractivity contribution in [2.45, 2.75) is 51.4 Å². The van der Waals surface area contributed by atoms with Crippen LogP contribution in [-0.4, -0.2) is 28.4 Å². The molecule has 0 amide bonds. The van der Waals surface area contributed by atoms with E-state index in [0.29, 0.717) is 6.42 Å². The summed E-state index contributed by atoms with van der Waals surface area (Å²) >= 11 is 10.0. The average molecular weight is 375 g/mol. The van der Waals surface area contributed by atoms with Crippen LogP contribution in [-0.2, 0) is 29.4 Å². The summed E-state index contributed by atoms with van der Waals surface area (Å²) in [6.07, 6.45) is 6.36. The first-order chi connectivity index (χ1) is 10.9. The maximum Gasteiger partial charge on any atom is 0.438 e. The highest BCUT2D eigenvalue weighted by molar-refractivity contribution is 6.65. The van der Waals surface area contributed by atoms with Crippen molar-refractivity contribution >= 4 is 39.8 Å². The number of carboxylic acids is 1. The van der Waals surface area contributed by atoms with Gasteiger partial charge in [-0.2, -0.15) is 0 Å². The number of carbonyl (C=O) groups excluding carboxylic acids is 2. The molecule has 0 rings (SSSR count). The van der Waals surface area contributed by atoms with Gasteiger partial charge < -0.3 is 5.11 Å². The summed E-state index contributed by atoms with van der Waals surface area (Å²) in [5.41, 5.74) is -1.17. The van der Waals surface area contributed by atoms with Gasteiger partial charge in [-0.15, -0.1) is 0 Å². The van der Waals surface area contributed by atoms with Crippen LogP contribution in [0.1, 0.15) is 51.4 Å². The van der Waals surface area contributed by atoms with Crippen molar-refractivity contribution in [3.05, 3.63) is 0 Å². The number of hydrogen-bond acceptors (Lipinski definition) is 7. The normalized spacial score (nSPS) is 11.9. The molecule has 0 heterocycles. The minimum absolute atomic E-state index is 0.274. The van der Waals surface area contributed by atoms with E-state index in [1.807, 2.05) is 0 Å². The second-order valence-corrected chi connectivity index (χ2v) is 5.42. The third-order valence-electron chi connectivity index (χ3n) is 2.97. The molecule has 0 radical (unpaired) electrons. The third kappa shape index (κ3) is 14.4. The van der Waals surface area contributed by atoms with Crippen LogP contribution in [0.25, 0.3) is 0 Å². The molecule has 23 heavy (non-hydrogen) atoms. The molecule has 0 bridgehead atoms. The Morgan fingerprint density at radius 3 is 1.96 bits per heavy atom. The van der Waals surface area contributed by atoms with E-state index in [4.69, 9.17) is 28.3 Å². The second kappa shape index (κ2) is 14.6. The summed E-state index contributed by atoms with van der Waals surface area (Å²) < 4.78 is 0. The molecule has 0 fully saturated rings. The molecule has 0 spiro atoms. The zero-order chi connectivity index (χ0) is 17.5. The van der Waals surface area contributed by atoms with E-state index in [2.05, 4.69) is 19.9 Å². The summed E-state index contributed by atoms with van der Waals surface area (Å²) in [7, 11) is 0. The van der Waals surface area contributed by atoms with Crippen molar-refractivity contribution in [3.8, 4) is 0 Å². The molecule has 0 aromatic carbocycles. The molecule has 0 saturated heterocycles. The Morgan fingerprint density at radius 1 is 0.870 bits per heavy atom. The standard InChI is InChI=1S/C13H20Cl2O8/c14-11(16)10(12(17)18)8-6-4-2-1-3-5-7-9-20-22-23-21-13(15)19/h10H,1-9H2,(H,17,18). The fourth-order valence-electron chi connectivity index (χ4n) is 1.82. The van der Waals surface area contributed by atoms with Crippen molar-refractivity contribution < 1.29 is 39.3 Å². The molecule has 8 nitrogen and oxygen atoms in total. The van der Waals surface area contributed by atoms with Gasteiger partial charge in [-0.3, -0.25) is 9.59 Å². The van der Waals surface area contributed by atoms with Gasteiger partial charge in [0.05, 0.1) is 6.61 Å². The molecule has 10 heteroatoms. The van der Waals surface area contributed by atoms with Gasteiger partial charge in [0.2, 0.25) is 5.24 Å². The zero-order valence-electron chi connectivity index (χ0n) is 12.5. The molecule has 0 aromatic heterocycles. The fraction of sp³-hybridized carbons (Fsp3) is 0.769. The number of unbranched alkanes of at least 4 members (excludes halogenated alkanes) is 6. The number of aliphatic carboxylic acids is 1. The quantitative estimate of drug-likeness (QED) is 0.152. The lowest BCUT2D eigenvalue weighted by Gasteiger charge is -2.06. The van der Waals surface area contributed by atoms with Crippen LogP contribution in [0.15, 0.2) is 0 Å². The van der Waals surface area contributed by atoms with Gasteiger partial charge in [-0.05, 0) is 29.5 Å². The van der Waals surface area contributed by atoms with Gasteiger partial charge >= 0.3 is 11.4 Å². The lowest BCUT2D eigenvalue weighted by atomic mass is 10.0. The smallest absolute Gasteiger partial charge is 0.438 e. The molecule has 0 aliphatic carbocycles. The highest BCUT2D eigenvalue weighted by atomic mass is 35.5. The minimum Gasteiger partial charge on any atom is -0.481 e. The Hall–Kier alpha value is -0.930. The lowest BCUT2D eigenvalue weighted by Crippen LogP contribution is -2.19. The van der Waals surface area contributed by atoms with Gasteiger partial charge in [0.1, 0.15) is 5.92 Å². The van der Waals surface area contributed by atoms with Crippen LogP contribution in [0.5, 0.6) is 0 Å². The molecular formula is C13H20Cl2O8. The number of carboxylic acid groups (broad SMARTS) is 1. The molecule has 134 valence electrons. The fourth-order valence-corrected chi connectivity index (χ4v) is 2.05. The van der Waals surface area contributed by atoms with Crippen LogP contribution < -0.4 is 0 Å². The zero-order valence-corrected chi connectivity index (χ0v) is 14.0. The molecular weight excluding hydrogens is 355 g/mol. The minimum atomic E-state index is -1.17. The predicted octanol–water partition coefficient (Wildman–Crippen LogP) is 3.74. The Morgan fingerprint density at radius 2 is 1.43 bits per heavy atom. The van der Waals surface area contributed by atoms with Gasteiger partial charge in [-0.1, -0.05) is 38.5 Å². The van der Waals surface area contributed by atoms with Crippen molar-refractivity contribution in [1.82, 2.24) is 0 Å². The van der Waals surface area contributed by atoms with Crippen LogP contribution in [0.2, 0.25) is 0 Å². The van der Waals surface area contributed by atoms with E-state index in [-0.39, 0.29) is 13.0 Å². The van der Waals surface area contributed by atoms with Crippen molar-refractivity contribution in [2.75, 3.05) is 6.61 Å². The Kier molecular flexibility index (Phi) is 14.1. The maximum absolute atomic E-state index is 10.9. The van der Waals surface area contributed by atoms with Gasteiger partial charge in [0.15, 0.2) is 0 Å². The summed E-state index contributed by atoms with van der Waals surface area (Å²) in [5, 5.41) is 15.9. The molecule has 0 aromatic rings. The van der Waals surface area contributed by atoms with Crippen molar-refractivity contribution in [3.63, 3.8) is 0 Å². The maximum atomic E-state index is 10.9. The number of carbonyl (C=O) groups is 3. The molecule has 0 aliphatic rings. The molecule has 0 aliphatic heterocycles. The number of hydrogen-bond donors (Lipinski definition) is 1. The largest absolute Gasteiger partial charge is 0.481 e. The van der Waals surface area contributed by atoms with Crippen molar-refractivity contribution in [1.29, 1.82) is 0 Å². The summed E-state index contributed by atoms with van der Waals surface area (Å²) in [6.45, 7) is 0.276. The first-order valence-corrected chi connectivity index (χ1v) is 7.95.